The maximum absolute atomic E-state index is 8.32. The van der Waals surface area contributed by atoms with Gasteiger partial charge in [-0.3, -0.25) is 0 Å². The van der Waals surface area contributed by atoms with E-state index in [1.807, 2.05) is 42.3 Å². The number of para-hydroxylation sites is 1. The number of hydrogen-bond acceptors (Lipinski definition) is 1. The molecule has 0 unspecified atom stereocenters. The monoisotopic (exact) mass is 232 g/mol. The fourth-order valence-corrected chi connectivity index (χ4v) is 2.09. The van der Waals surface area contributed by atoms with E-state index in [-0.39, 0.29) is 0 Å². The zero-order valence-corrected chi connectivity index (χ0v) is 10.7. The SMILES string of the molecule is [2H]C([2H])(Cc1c[nH]c2ccccc12)N(CC)CCC. The van der Waals surface area contributed by atoms with Gasteiger partial charge in [0.1, 0.15) is 0 Å². The quantitative estimate of drug-likeness (QED) is 0.808. The minimum absolute atomic E-state index is 0.421. The fraction of sp³-hybridized carbons (Fsp3) is 0.467. The Morgan fingerprint density at radius 2 is 2.12 bits per heavy atom. The molecule has 0 spiro atoms. The lowest BCUT2D eigenvalue weighted by molar-refractivity contribution is 0.293. The third-order valence-corrected chi connectivity index (χ3v) is 3.04. The van der Waals surface area contributed by atoms with Crippen LogP contribution in [0.15, 0.2) is 30.5 Å². The van der Waals surface area contributed by atoms with Crippen LogP contribution in [-0.4, -0.2) is 29.5 Å². The number of aromatic nitrogens is 1. The highest BCUT2D eigenvalue weighted by Gasteiger charge is 2.05. The predicted molar refractivity (Wildman–Crippen MR) is 74.4 cm³/mol. The maximum atomic E-state index is 8.32. The summed E-state index contributed by atoms with van der Waals surface area (Å²) in [7, 11) is 0. The summed E-state index contributed by atoms with van der Waals surface area (Å²) >= 11 is 0. The van der Waals surface area contributed by atoms with Crippen molar-refractivity contribution in [1.29, 1.82) is 0 Å². The molecule has 1 heterocycles. The Balaban J connectivity index is 2.23. The zero-order valence-electron chi connectivity index (χ0n) is 12.7. The van der Waals surface area contributed by atoms with E-state index >= 15 is 0 Å². The number of H-pyrrole nitrogens is 1. The number of aryl methyl sites for hydroxylation is 1. The normalized spacial score (nSPS) is 14.1. The molecule has 0 amide bonds. The summed E-state index contributed by atoms with van der Waals surface area (Å²) in [5.41, 5.74) is 2.13. The summed E-state index contributed by atoms with van der Waals surface area (Å²) in [5.74, 6) is 0. The second kappa shape index (κ2) is 5.87. The molecule has 1 aromatic carbocycles. The summed E-state index contributed by atoms with van der Waals surface area (Å²) in [6, 6.07) is 8.07. The molecular formula is C15H22N2. The summed E-state index contributed by atoms with van der Waals surface area (Å²) in [6.07, 6.45) is 3.33. The van der Waals surface area contributed by atoms with Crippen LogP contribution in [0, 0.1) is 0 Å². The molecule has 0 atom stereocenters. The minimum atomic E-state index is -1.30. The van der Waals surface area contributed by atoms with E-state index in [9.17, 15) is 0 Å². The van der Waals surface area contributed by atoms with E-state index in [2.05, 4.69) is 11.9 Å². The second-order valence-corrected chi connectivity index (χ2v) is 4.27. The largest absolute Gasteiger partial charge is 0.361 e. The first kappa shape index (κ1) is 9.72. The molecule has 0 aliphatic heterocycles. The highest BCUT2D eigenvalue weighted by atomic mass is 15.1. The smallest absolute Gasteiger partial charge is 0.0456 e. The van der Waals surface area contributed by atoms with Crippen molar-refractivity contribution in [3.63, 3.8) is 0 Å². The van der Waals surface area contributed by atoms with E-state index in [4.69, 9.17) is 2.74 Å². The molecule has 0 fully saturated rings. The van der Waals surface area contributed by atoms with Gasteiger partial charge in [-0.2, -0.15) is 0 Å². The summed E-state index contributed by atoms with van der Waals surface area (Å²) in [5, 5.41) is 1.12. The van der Waals surface area contributed by atoms with E-state index in [1.165, 1.54) is 0 Å². The first-order valence-corrected chi connectivity index (χ1v) is 6.38. The van der Waals surface area contributed by atoms with Crippen LogP contribution in [-0.2, 0) is 6.42 Å². The Hall–Kier alpha value is -1.28. The van der Waals surface area contributed by atoms with Crippen LogP contribution in [0.1, 0.15) is 28.6 Å². The molecule has 17 heavy (non-hydrogen) atoms. The average Bonchev–Trinajstić information content (AvgIpc) is 2.79. The van der Waals surface area contributed by atoms with Crippen LogP contribution in [0.2, 0.25) is 0 Å². The Morgan fingerprint density at radius 1 is 1.29 bits per heavy atom. The van der Waals surface area contributed by atoms with Gasteiger partial charge in [0.2, 0.25) is 0 Å². The van der Waals surface area contributed by atoms with Gasteiger partial charge in [0.15, 0.2) is 0 Å². The van der Waals surface area contributed by atoms with Crippen molar-refractivity contribution >= 4 is 10.9 Å². The molecule has 92 valence electrons. The standard InChI is InChI=1S/C15H22N2/c1-3-10-17(4-2)11-9-13-12-16-15-8-6-5-7-14(13)15/h5-8,12,16H,3-4,9-11H2,1-2H3/i11D2. The third-order valence-electron chi connectivity index (χ3n) is 3.04. The molecule has 0 aliphatic rings. The van der Waals surface area contributed by atoms with Gasteiger partial charge in [-0.1, -0.05) is 32.0 Å². The van der Waals surface area contributed by atoms with Crippen molar-refractivity contribution in [3.8, 4) is 0 Å². The number of nitrogens with one attached hydrogen (secondary N) is 1. The van der Waals surface area contributed by atoms with Gasteiger partial charge in [0, 0.05) is 26.3 Å². The van der Waals surface area contributed by atoms with Gasteiger partial charge in [0.25, 0.3) is 0 Å². The van der Waals surface area contributed by atoms with Crippen LogP contribution in [0.3, 0.4) is 0 Å². The topological polar surface area (TPSA) is 19.0 Å². The highest BCUT2D eigenvalue weighted by Crippen LogP contribution is 2.18. The molecule has 2 heteroatoms. The summed E-state index contributed by atoms with van der Waals surface area (Å²) in [6.45, 7) is 4.35. The van der Waals surface area contributed by atoms with E-state index in [0.29, 0.717) is 6.42 Å². The lowest BCUT2D eigenvalue weighted by atomic mass is 10.1. The molecule has 1 aromatic heterocycles. The first-order valence-electron chi connectivity index (χ1n) is 7.38. The van der Waals surface area contributed by atoms with Gasteiger partial charge in [-0.05, 0) is 37.6 Å². The Labute approximate surface area is 106 Å². The van der Waals surface area contributed by atoms with Crippen LogP contribution in [0.5, 0.6) is 0 Å². The zero-order chi connectivity index (χ0) is 13.9. The Kier molecular flexibility index (Phi) is 3.36. The first-order chi connectivity index (χ1) is 9.08. The van der Waals surface area contributed by atoms with Gasteiger partial charge in [-0.25, -0.2) is 0 Å². The predicted octanol–water partition coefficient (Wildman–Crippen LogP) is 3.44. The Morgan fingerprint density at radius 3 is 2.88 bits per heavy atom. The number of nitrogens with zero attached hydrogens (tertiary/aromatic N) is 1. The van der Waals surface area contributed by atoms with Crippen molar-refractivity contribution in [2.45, 2.75) is 26.7 Å². The molecule has 2 aromatic rings. The average molecular weight is 232 g/mol. The lowest BCUT2D eigenvalue weighted by Crippen LogP contribution is -2.26. The van der Waals surface area contributed by atoms with Crippen LogP contribution < -0.4 is 0 Å². The highest BCUT2D eigenvalue weighted by molar-refractivity contribution is 5.83. The van der Waals surface area contributed by atoms with Gasteiger partial charge >= 0.3 is 0 Å². The molecule has 2 rings (SSSR count). The van der Waals surface area contributed by atoms with Crippen LogP contribution in [0.4, 0.5) is 0 Å². The summed E-state index contributed by atoms with van der Waals surface area (Å²) < 4.78 is 16.6. The van der Waals surface area contributed by atoms with Crippen LogP contribution in [0.25, 0.3) is 10.9 Å². The number of fused-ring (bicyclic) bond motifs is 1. The van der Waals surface area contributed by atoms with Gasteiger partial charge in [0.05, 0.1) is 0 Å². The van der Waals surface area contributed by atoms with Crippen molar-refractivity contribution in [2.24, 2.45) is 0 Å². The number of aromatic amines is 1. The fourth-order valence-electron chi connectivity index (χ4n) is 2.09. The number of rotatable bonds is 6. The van der Waals surface area contributed by atoms with Crippen LogP contribution >= 0.6 is 0 Å². The molecule has 0 aliphatic carbocycles. The third kappa shape index (κ3) is 2.89. The molecular weight excluding hydrogens is 208 g/mol. The maximum Gasteiger partial charge on any atom is 0.0456 e. The number of likely N-dealkylation sites (N-methyl/N-ethyl adjacent to an activating group) is 1. The number of hydrogen-bond donors (Lipinski definition) is 1. The second-order valence-electron chi connectivity index (χ2n) is 4.27. The molecule has 0 radical (unpaired) electrons. The van der Waals surface area contributed by atoms with Crippen molar-refractivity contribution in [1.82, 2.24) is 9.88 Å². The van der Waals surface area contributed by atoms with Crippen molar-refractivity contribution < 1.29 is 2.74 Å². The van der Waals surface area contributed by atoms with Crippen molar-refractivity contribution in [2.75, 3.05) is 19.6 Å². The minimum Gasteiger partial charge on any atom is -0.361 e. The molecule has 1 N–H and O–H groups in total. The van der Waals surface area contributed by atoms with E-state index in [1.54, 1.807) is 0 Å². The number of benzene rings is 1. The molecule has 0 saturated carbocycles. The van der Waals surface area contributed by atoms with Gasteiger partial charge < -0.3 is 9.88 Å². The molecule has 0 bridgehead atoms. The molecule has 2 nitrogen and oxygen atoms in total. The lowest BCUT2D eigenvalue weighted by Gasteiger charge is -2.18. The van der Waals surface area contributed by atoms with E-state index in [0.717, 1.165) is 36.0 Å². The van der Waals surface area contributed by atoms with E-state index < -0.39 is 6.50 Å². The van der Waals surface area contributed by atoms with Crippen molar-refractivity contribution in [3.05, 3.63) is 36.0 Å². The summed E-state index contributed by atoms with van der Waals surface area (Å²) in [4.78, 5) is 5.13. The molecule has 0 saturated heterocycles. The van der Waals surface area contributed by atoms with Gasteiger partial charge in [-0.15, -0.1) is 0 Å². The Bertz CT molecular complexity index is 534.